The summed E-state index contributed by atoms with van der Waals surface area (Å²) in [4.78, 5) is 28.1. The van der Waals surface area contributed by atoms with Crippen molar-refractivity contribution in [3.63, 3.8) is 0 Å². The lowest BCUT2D eigenvalue weighted by atomic mass is 9.62. The first-order valence-electron chi connectivity index (χ1n) is 13.1. The third kappa shape index (κ3) is 4.89. The highest BCUT2D eigenvalue weighted by atomic mass is 35.5. The fourth-order valence-corrected chi connectivity index (χ4v) is 7.00. The van der Waals surface area contributed by atoms with Gasteiger partial charge in [0.1, 0.15) is 5.41 Å². The van der Waals surface area contributed by atoms with Gasteiger partial charge in [0, 0.05) is 33.7 Å². The number of anilines is 1. The van der Waals surface area contributed by atoms with Crippen LogP contribution in [0, 0.1) is 5.41 Å². The van der Waals surface area contributed by atoms with E-state index in [1.54, 1.807) is 12.1 Å². The minimum absolute atomic E-state index is 0.00109. The van der Waals surface area contributed by atoms with Gasteiger partial charge >= 0.3 is 0 Å². The lowest BCUT2D eigenvalue weighted by molar-refractivity contribution is -0.124. The minimum Gasteiger partial charge on any atom is -0.393 e. The number of rotatable bonds is 4. The summed E-state index contributed by atoms with van der Waals surface area (Å²) in [6.07, 6.45) is 3.20. The van der Waals surface area contributed by atoms with Crippen molar-refractivity contribution in [2.24, 2.45) is 5.41 Å². The molecule has 0 bridgehead atoms. The van der Waals surface area contributed by atoms with Crippen LogP contribution in [0.25, 0.3) is 0 Å². The highest BCUT2D eigenvalue weighted by molar-refractivity contribution is 6.31. The van der Waals surface area contributed by atoms with Gasteiger partial charge in [-0.25, -0.2) is 0 Å². The molecule has 6 nitrogen and oxygen atoms in total. The molecule has 2 heterocycles. The zero-order chi connectivity index (χ0) is 26.5. The van der Waals surface area contributed by atoms with E-state index >= 15 is 0 Å². The number of nitrogens with one attached hydrogen (secondary N) is 3. The first-order valence-corrected chi connectivity index (χ1v) is 13.9. The molecule has 3 aliphatic rings. The van der Waals surface area contributed by atoms with Gasteiger partial charge in [0.2, 0.25) is 11.8 Å². The molecule has 8 heteroatoms. The smallest absolute Gasteiger partial charge is 0.238 e. The highest BCUT2D eigenvalue weighted by Gasteiger charge is 2.65. The van der Waals surface area contributed by atoms with E-state index in [0.717, 1.165) is 24.0 Å². The average Bonchev–Trinajstić information content (AvgIpc) is 3.29. The Morgan fingerprint density at radius 3 is 2.46 bits per heavy atom. The average molecular weight is 545 g/mol. The third-order valence-corrected chi connectivity index (χ3v) is 8.63. The van der Waals surface area contributed by atoms with E-state index in [9.17, 15) is 14.7 Å². The van der Waals surface area contributed by atoms with Crippen LogP contribution in [0.1, 0.15) is 69.9 Å². The van der Waals surface area contributed by atoms with Crippen LogP contribution in [-0.2, 0) is 15.0 Å². The molecule has 1 saturated carbocycles. The van der Waals surface area contributed by atoms with Crippen LogP contribution in [0.15, 0.2) is 42.5 Å². The second kappa shape index (κ2) is 9.88. The molecule has 2 fully saturated rings. The molecule has 0 aromatic heterocycles. The Morgan fingerprint density at radius 2 is 1.78 bits per heavy atom. The van der Waals surface area contributed by atoms with E-state index in [4.69, 9.17) is 23.2 Å². The van der Waals surface area contributed by atoms with Gasteiger partial charge < -0.3 is 21.1 Å². The molecular weight excluding hydrogens is 509 g/mol. The van der Waals surface area contributed by atoms with Crippen molar-refractivity contribution in [1.29, 1.82) is 0 Å². The summed E-state index contributed by atoms with van der Waals surface area (Å²) < 4.78 is 0. The van der Waals surface area contributed by atoms with Crippen LogP contribution >= 0.6 is 23.2 Å². The van der Waals surface area contributed by atoms with Gasteiger partial charge in [-0.3, -0.25) is 9.59 Å². The van der Waals surface area contributed by atoms with Crippen molar-refractivity contribution in [2.75, 3.05) is 5.32 Å². The molecular formula is C29H35Cl2N3O3. The van der Waals surface area contributed by atoms with Crippen LogP contribution in [-0.4, -0.2) is 41.2 Å². The van der Waals surface area contributed by atoms with E-state index < -0.39 is 17.4 Å². The highest BCUT2D eigenvalue weighted by Crippen LogP contribution is 2.56. The number of aliphatic hydroxyl groups is 1. The normalized spacial score (nSPS) is 31.3. The van der Waals surface area contributed by atoms with Crippen LogP contribution in [0.5, 0.6) is 0 Å². The first kappa shape index (κ1) is 26.5. The van der Waals surface area contributed by atoms with Crippen molar-refractivity contribution >= 4 is 40.7 Å². The maximum absolute atomic E-state index is 14.1. The lowest BCUT2D eigenvalue weighted by Crippen LogP contribution is -2.49. The van der Waals surface area contributed by atoms with Crippen molar-refractivity contribution in [2.45, 2.75) is 88.4 Å². The quantitative estimate of drug-likeness (QED) is 0.428. The topological polar surface area (TPSA) is 90.5 Å². The Bertz CT molecular complexity index is 1210. The zero-order valence-corrected chi connectivity index (χ0v) is 23.0. The van der Waals surface area contributed by atoms with Crippen molar-refractivity contribution < 1.29 is 14.7 Å². The summed E-state index contributed by atoms with van der Waals surface area (Å²) >= 11 is 12.8. The second-order valence-corrected chi connectivity index (χ2v) is 12.9. The zero-order valence-electron chi connectivity index (χ0n) is 21.5. The van der Waals surface area contributed by atoms with Gasteiger partial charge in [-0.2, -0.15) is 0 Å². The van der Waals surface area contributed by atoms with Gasteiger partial charge in [-0.15, -0.1) is 0 Å². The molecule has 2 aliphatic heterocycles. The Kier molecular flexibility index (Phi) is 7.07. The number of hydrogen-bond acceptors (Lipinski definition) is 4. The van der Waals surface area contributed by atoms with Crippen LogP contribution in [0.4, 0.5) is 5.69 Å². The standard InChI is InChI=1S/C29H35Cl2N3O3/c1-28(2,3)15-23-29(21-12-7-18(31)14-22(21)33-27(29)37)24(16-5-4-6-17(30)13-16)25(34-23)26(36)32-19-8-10-20(35)11-9-19/h4-7,12-14,19-20,23-25,34-35H,8-11,15H2,1-3H3,(H,32,36)(H,33,37)/t19-,20-,23-,24-,25+,29+/m0/s1. The van der Waals surface area contributed by atoms with Gasteiger partial charge in [0.05, 0.1) is 12.1 Å². The molecule has 198 valence electrons. The van der Waals surface area contributed by atoms with E-state index in [2.05, 4.69) is 36.7 Å². The fraction of sp³-hybridized carbons (Fsp3) is 0.517. The molecule has 2 aromatic carbocycles. The summed E-state index contributed by atoms with van der Waals surface area (Å²) in [5.41, 5.74) is 1.25. The molecule has 2 amide bonds. The Morgan fingerprint density at radius 1 is 1.08 bits per heavy atom. The fourth-order valence-electron chi connectivity index (χ4n) is 6.63. The Hall–Kier alpha value is -2.12. The number of carbonyl (C=O) groups is 2. The predicted octanol–water partition coefficient (Wildman–Crippen LogP) is 5.16. The number of benzene rings is 2. The molecule has 2 aromatic rings. The summed E-state index contributed by atoms with van der Waals surface area (Å²) in [5, 5.41) is 21.0. The van der Waals surface area contributed by atoms with E-state index in [1.807, 2.05) is 30.3 Å². The van der Waals surface area contributed by atoms with Gasteiger partial charge in [0.25, 0.3) is 0 Å². The molecule has 37 heavy (non-hydrogen) atoms. The van der Waals surface area contributed by atoms with E-state index in [1.165, 1.54) is 0 Å². The summed E-state index contributed by atoms with van der Waals surface area (Å²) in [5.74, 6) is -0.750. The molecule has 0 unspecified atom stereocenters. The number of carbonyl (C=O) groups excluding carboxylic acids is 2. The van der Waals surface area contributed by atoms with Gasteiger partial charge in [-0.1, -0.05) is 62.2 Å². The number of fused-ring (bicyclic) bond motifs is 2. The van der Waals surface area contributed by atoms with Crippen molar-refractivity contribution in [3.05, 3.63) is 63.6 Å². The maximum atomic E-state index is 14.1. The SMILES string of the molecule is CC(C)(C)C[C@@H]1N[C@@H](C(=O)N[C@H]2CC[C@H](O)CC2)[C@H](c2cccc(Cl)c2)[C@]12C(=O)Nc1cc(Cl)ccc12. The van der Waals surface area contributed by atoms with Crippen LogP contribution in [0.3, 0.4) is 0 Å². The lowest BCUT2D eigenvalue weighted by Gasteiger charge is -2.37. The summed E-state index contributed by atoms with van der Waals surface area (Å²) in [6, 6.07) is 12.1. The summed E-state index contributed by atoms with van der Waals surface area (Å²) in [7, 11) is 0. The summed E-state index contributed by atoms with van der Waals surface area (Å²) in [6.45, 7) is 6.44. The maximum Gasteiger partial charge on any atom is 0.238 e. The van der Waals surface area contributed by atoms with Crippen LogP contribution < -0.4 is 16.0 Å². The molecule has 5 rings (SSSR count). The van der Waals surface area contributed by atoms with Crippen molar-refractivity contribution in [1.82, 2.24) is 10.6 Å². The number of hydrogen-bond donors (Lipinski definition) is 4. The number of aliphatic hydroxyl groups excluding tert-OH is 1. The Labute approximate surface area is 228 Å². The van der Waals surface area contributed by atoms with Gasteiger partial charge in [0.15, 0.2) is 0 Å². The number of halogens is 2. The third-order valence-electron chi connectivity index (χ3n) is 8.16. The molecule has 4 N–H and O–H groups in total. The molecule has 0 radical (unpaired) electrons. The first-order chi connectivity index (χ1) is 17.5. The van der Waals surface area contributed by atoms with Gasteiger partial charge in [-0.05, 0) is 72.9 Å². The van der Waals surface area contributed by atoms with Crippen molar-refractivity contribution in [3.8, 4) is 0 Å². The van der Waals surface area contributed by atoms with E-state index in [-0.39, 0.29) is 35.4 Å². The molecule has 1 aliphatic carbocycles. The molecule has 1 spiro atoms. The van der Waals surface area contributed by atoms with Crippen LogP contribution in [0.2, 0.25) is 10.0 Å². The molecule has 4 atom stereocenters. The predicted molar refractivity (Wildman–Crippen MR) is 147 cm³/mol. The largest absolute Gasteiger partial charge is 0.393 e. The molecule has 1 saturated heterocycles. The Balaban J connectivity index is 1.64. The second-order valence-electron chi connectivity index (χ2n) is 12.0. The monoisotopic (exact) mass is 543 g/mol. The van der Waals surface area contributed by atoms with E-state index in [0.29, 0.717) is 35.0 Å². The number of amides is 2. The minimum atomic E-state index is -1.03.